The van der Waals surface area contributed by atoms with Crippen molar-refractivity contribution in [1.82, 2.24) is 0 Å². The molecule has 0 saturated carbocycles. The van der Waals surface area contributed by atoms with Gasteiger partial charge in [-0.05, 0) is 89.5 Å². The van der Waals surface area contributed by atoms with Gasteiger partial charge < -0.3 is 14.2 Å². The zero-order valence-electron chi connectivity index (χ0n) is 18.4. The molecule has 5 nitrogen and oxygen atoms in total. The number of benzene rings is 3. The van der Waals surface area contributed by atoms with Crippen LogP contribution in [0.3, 0.4) is 0 Å². The minimum absolute atomic E-state index is 0.135. The number of aliphatic imine (C=N–C) groups is 1. The first kappa shape index (κ1) is 24.6. The Morgan fingerprint density at radius 2 is 1.88 bits per heavy atom. The maximum absolute atomic E-state index is 12.5. The van der Waals surface area contributed by atoms with Crippen LogP contribution in [0.4, 0.5) is 0 Å². The molecule has 3 aromatic rings. The highest BCUT2D eigenvalue weighted by atomic mass is 127. The number of halogens is 3. The van der Waals surface area contributed by atoms with Crippen molar-refractivity contribution in [1.29, 1.82) is 0 Å². The van der Waals surface area contributed by atoms with Gasteiger partial charge in [-0.1, -0.05) is 47.5 Å². The molecule has 0 unspecified atom stereocenters. The predicted molar refractivity (Wildman–Crippen MR) is 143 cm³/mol. The highest BCUT2D eigenvalue weighted by molar-refractivity contribution is 14.1. The summed E-state index contributed by atoms with van der Waals surface area (Å²) in [6, 6.07) is 16.7. The van der Waals surface area contributed by atoms with Gasteiger partial charge in [0.2, 0.25) is 5.90 Å². The molecule has 1 heterocycles. The molecule has 174 valence electrons. The van der Waals surface area contributed by atoms with Crippen LogP contribution >= 0.6 is 45.8 Å². The molecule has 3 aromatic carbocycles. The van der Waals surface area contributed by atoms with E-state index in [4.69, 9.17) is 37.4 Å². The summed E-state index contributed by atoms with van der Waals surface area (Å²) in [7, 11) is 0. The normalized spacial score (nSPS) is 14.2. The van der Waals surface area contributed by atoms with Crippen molar-refractivity contribution in [3.8, 4) is 11.5 Å². The van der Waals surface area contributed by atoms with Gasteiger partial charge in [-0.15, -0.1) is 0 Å². The van der Waals surface area contributed by atoms with E-state index in [0.29, 0.717) is 40.3 Å². The Kier molecular flexibility index (Phi) is 7.80. The van der Waals surface area contributed by atoms with Crippen molar-refractivity contribution < 1.29 is 19.0 Å². The molecular weight excluding hydrogens is 588 g/mol. The van der Waals surface area contributed by atoms with Crippen LogP contribution in [-0.4, -0.2) is 18.5 Å². The lowest BCUT2D eigenvalue weighted by Gasteiger charge is -2.15. The van der Waals surface area contributed by atoms with Crippen LogP contribution < -0.4 is 9.47 Å². The lowest BCUT2D eigenvalue weighted by atomic mass is 10.1. The molecule has 0 bridgehead atoms. The minimum atomic E-state index is -0.561. The van der Waals surface area contributed by atoms with E-state index >= 15 is 0 Å². The van der Waals surface area contributed by atoms with Crippen molar-refractivity contribution in [2.24, 2.45) is 4.99 Å². The average molecular weight is 608 g/mol. The number of esters is 1. The molecule has 0 radical (unpaired) electrons. The highest BCUT2D eigenvalue weighted by Gasteiger charge is 2.26. The Morgan fingerprint density at radius 1 is 1.09 bits per heavy atom. The van der Waals surface area contributed by atoms with Gasteiger partial charge in [0, 0.05) is 5.02 Å². The van der Waals surface area contributed by atoms with E-state index in [0.717, 1.165) is 20.3 Å². The van der Waals surface area contributed by atoms with Crippen LogP contribution in [0.2, 0.25) is 10.0 Å². The van der Waals surface area contributed by atoms with Gasteiger partial charge in [-0.2, -0.15) is 0 Å². The summed E-state index contributed by atoms with van der Waals surface area (Å²) in [4.78, 5) is 16.8. The van der Waals surface area contributed by atoms with E-state index < -0.39 is 5.97 Å². The van der Waals surface area contributed by atoms with Gasteiger partial charge in [-0.3, -0.25) is 0 Å². The molecule has 4 rings (SSSR count). The Balaban J connectivity index is 1.63. The Hall–Kier alpha value is -2.55. The van der Waals surface area contributed by atoms with Gasteiger partial charge in [-0.25, -0.2) is 9.79 Å². The van der Waals surface area contributed by atoms with Crippen molar-refractivity contribution in [2.75, 3.05) is 6.61 Å². The Labute approximate surface area is 221 Å². The molecule has 0 fully saturated rings. The predicted octanol–water partition coefficient (Wildman–Crippen LogP) is 7.23. The third-order valence-electron chi connectivity index (χ3n) is 5.05. The van der Waals surface area contributed by atoms with Crippen LogP contribution in [-0.2, 0) is 16.1 Å². The third kappa shape index (κ3) is 5.56. The molecule has 0 aliphatic carbocycles. The summed E-state index contributed by atoms with van der Waals surface area (Å²) >= 11 is 14.4. The first-order valence-corrected chi connectivity index (χ1v) is 12.3. The average Bonchev–Trinajstić information content (AvgIpc) is 3.14. The number of nitrogens with zero attached hydrogens (tertiary/aromatic N) is 1. The monoisotopic (exact) mass is 607 g/mol. The van der Waals surface area contributed by atoms with E-state index in [9.17, 15) is 4.79 Å². The summed E-state index contributed by atoms with van der Waals surface area (Å²) < 4.78 is 18.2. The van der Waals surface area contributed by atoms with Gasteiger partial charge in [0.05, 0.1) is 20.8 Å². The Bertz CT molecular complexity index is 1320. The zero-order valence-corrected chi connectivity index (χ0v) is 22.1. The molecule has 0 spiro atoms. The zero-order chi connectivity index (χ0) is 24.2. The van der Waals surface area contributed by atoms with E-state index in [1.54, 1.807) is 24.3 Å². The summed E-state index contributed by atoms with van der Waals surface area (Å²) in [5.74, 6) is 0.815. The van der Waals surface area contributed by atoms with Gasteiger partial charge in [0.1, 0.15) is 6.61 Å². The first-order chi connectivity index (χ1) is 16.4. The van der Waals surface area contributed by atoms with Crippen LogP contribution in [0.5, 0.6) is 11.5 Å². The van der Waals surface area contributed by atoms with E-state index in [2.05, 4.69) is 40.6 Å². The number of aryl methyl sites for hydroxylation is 1. The van der Waals surface area contributed by atoms with E-state index in [1.165, 1.54) is 0 Å². The van der Waals surface area contributed by atoms with Gasteiger partial charge >= 0.3 is 5.97 Å². The number of carbonyl (C=O) groups is 1. The number of cyclic esters (lactones) is 1. The minimum Gasteiger partial charge on any atom is -0.490 e. The topological polar surface area (TPSA) is 57.1 Å². The molecule has 0 amide bonds. The Morgan fingerprint density at radius 3 is 2.62 bits per heavy atom. The number of carbonyl (C=O) groups excluding carboxylic acids is 1. The summed E-state index contributed by atoms with van der Waals surface area (Å²) in [6.45, 7) is 4.85. The summed E-state index contributed by atoms with van der Waals surface area (Å²) in [5, 5.41) is 0.834. The van der Waals surface area contributed by atoms with Crippen LogP contribution in [0.25, 0.3) is 6.08 Å². The molecule has 1 aliphatic heterocycles. The van der Waals surface area contributed by atoms with Crippen molar-refractivity contribution in [3.05, 3.63) is 96.2 Å². The molecule has 0 aromatic heterocycles. The van der Waals surface area contributed by atoms with Crippen molar-refractivity contribution in [3.63, 3.8) is 0 Å². The molecule has 34 heavy (non-hydrogen) atoms. The van der Waals surface area contributed by atoms with Crippen LogP contribution in [0.15, 0.2) is 65.3 Å². The fourth-order valence-corrected chi connectivity index (χ4v) is 4.61. The van der Waals surface area contributed by atoms with Crippen LogP contribution in [0.1, 0.15) is 29.2 Å². The molecule has 0 N–H and O–H groups in total. The fourth-order valence-electron chi connectivity index (χ4n) is 3.34. The quantitative estimate of drug-likeness (QED) is 0.162. The molecule has 0 atom stereocenters. The van der Waals surface area contributed by atoms with Gasteiger partial charge in [0.15, 0.2) is 17.2 Å². The number of hydrogen-bond acceptors (Lipinski definition) is 5. The molecule has 1 aliphatic rings. The first-order valence-electron chi connectivity index (χ1n) is 10.5. The maximum Gasteiger partial charge on any atom is 0.363 e. The smallest absolute Gasteiger partial charge is 0.363 e. The van der Waals surface area contributed by atoms with Crippen molar-refractivity contribution >= 4 is 63.7 Å². The highest BCUT2D eigenvalue weighted by Crippen LogP contribution is 2.36. The maximum atomic E-state index is 12.5. The van der Waals surface area contributed by atoms with Crippen molar-refractivity contribution in [2.45, 2.75) is 20.5 Å². The standard InChI is InChI=1S/C26H20Cl2INO4/c1-3-32-23-12-16(10-21(29)24(23)33-14-17-7-5-4-6-15(17)2)11-22-26(31)34-25(30-22)19-9-8-18(27)13-20(19)28/h4-13H,3,14H2,1-2H3/b22-11-. The second-order valence-electron chi connectivity index (χ2n) is 7.44. The summed E-state index contributed by atoms with van der Waals surface area (Å²) in [6.07, 6.45) is 1.65. The molecule has 0 saturated heterocycles. The number of rotatable bonds is 7. The largest absolute Gasteiger partial charge is 0.490 e. The SMILES string of the molecule is CCOc1cc(/C=C2\N=C(c3ccc(Cl)cc3Cl)OC2=O)cc(I)c1OCc1ccccc1C. The van der Waals surface area contributed by atoms with Gasteiger partial charge in [0.25, 0.3) is 0 Å². The summed E-state index contributed by atoms with van der Waals surface area (Å²) in [5.41, 5.74) is 3.64. The second-order valence-corrected chi connectivity index (χ2v) is 9.44. The lowest BCUT2D eigenvalue weighted by Crippen LogP contribution is -2.06. The lowest BCUT2D eigenvalue weighted by molar-refractivity contribution is -0.129. The third-order valence-corrected chi connectivity index (χ3v) is 6.40. The second kappa shape index (κ2) is 10.8. The number of hydrogen-bond donors (Lipinski definition) is 0. The molecular formula is C26H20Cl2INO4. The molecule has 8 heteroatoms. The van der Waals surface area contributed by atoms with Crippen LogP contribution in [0, 0.1) is 10.5 Å². The van der Waals surface area contributed by atoms with E-state index in [-0.39, 0.29) is 11.6 Å². The van der Waals surface area contributed by atoms with E-state index in [1.807, 2.05) is 37.3 Å². The fraction of sp³-hybridized carbons (Fsp3) is 0.154. The number of ether oxygens (including phenoxy) is 3.